The molecule has 4 saturated carbocycles. The third-order valence-corrected chi connectivity index (χ3v) is 5.98. The topological polar surface area (TPSA) is 46.2 Å². The van der Waals surface area contributed by atoms with Crippen LogP contribution in [0, 0.1) is 29.6 Å². The molecule has 4 bridgehead atoms. The molecular weight excluding hydrogens is 234 g/mol. The summed E-state index contributed by atoms with van der Waals surface area (Å²) >= 11 is 0. The van der Waals surface area contributed by atoms with Crippen LogP contribution in [0.4, 0.5) is 5.69 Å². The Morgan fingerprint density at radius 1 is 1.00 bits per heavy atom. The number of anilines is 1. The predicted molar refractivity (Wildman–Crippen MR) is 76.8 cm³/mol. The molecule has 0 spiro atoms. The van der Waals surface area contributed by atoms with E-state index in [9.17, 15) is 5.11 Å². The molecule has 0 heterocycles. The molecular formula is C17H23NO. The number of phenols is 1. The molecule has 2 nitrogen and oxygen atoms in total. The quantitative estimate of drug-likeness (QED) is 0.628. The third-order valence-electron chi connectivity index (χ3n) is 5.98. The summed E-state index contributed by atoms with van der Waals surface area (Å²) in [7, 11) is 0. The van der Waals surface area contributed by atoms with Gasteiger partial charge in [-0.05, 0) is 91.9 Å². The Bertz CT molecular complexity index is 468. The summed E-state index contributed by atoms with van der Waals surface area (Å²) in [5.41, 5.74) is 7.71. The van der Waals surface area contributed by atoms with E-state index in [1.807, 2.05) is 6.07 Å². The summed E-state index contributed by atoms with van der Waals surface area (Å²) in [6, 6.07) is 5.51. The summed E-state index contributed by atoms with van der Waals surface area (Å²) in [6.07, 6.45) is 8.32. The molecule has 19 heavy (non-hydrogen) atoms. The van der Waals surface area contributed by atoms with E-state index in [0.29, 0.717) is 5.75 Å². The number of phenolic OH excluding ortho intramolecular Hbond substituents is 1. The van der Waals surface area contributed by atoms with Gasteiger partial charge in [0.15, 0.2) is 0 Å². The Hall–Kier alpha value is -1.18. The van der Waals surface area contributed by atoms with Gasteiger partial charge >= 0.3 is 0 Å². The lowest BCUT2D eigenvalue weighted by Gasteiger charge is -2.54. The summed E-state index contributed by atoms with van der Waals surface area (Å²) in [5, 5.41) is 10.0. The van der Waals surface area contributed by atoms with Crippen molar-refractivity contribution in [1.82, 2.24) is 0 Å². The highest BCUT2D eigenvalue weighted by Gasteiger charge is 2.47. The van der Waals surface area contributed by atoms with Crippen LogP contribution in [0.15, 0.2) is 18.2 Å². The zero-order chi connectivity index (χ0) is 13.0. The second-order valence-electron chi connectivity index (χ2n) is 7.19. The first-order valence-corrected chi connectivity index (χ1v) is 7.76. The van der Waals surface area contributed by atoms with Gasteiger partial charge in [0.25, 0.3) is 0 Å². The number of benzene rings is 1. The molecule has 1 aromatic rings. The van der Waals surface area contributed by atoms with E-state index in [1.165, 1.54) is 32.1 Å². The van der Waals surface area contributed by atoms with Gasteiger partial charge in [0.2, 0.25) is 0 Å². The van der Waals surface area contributed by atoms with E-state index >= 15 is 0 Å². The molecule has 4 aliphatic carbocycles. The first kappa shape index (κ1) is 11.6. The number of rotatable bonds is 2. The molecule has 5 rings (SSSR count). The van der Waals surface area contributed by atoms with Crippen LogP contribution in [0.3, 0.4) is 0 Å². The number of hydrogen-bond acceptors (Lipinski definition) is 2. The Morgan fingerprint density at radius 3 is 2.26 bits per heavy atom. The maximum Gasteiger partial charge on any atom is 0.118 e. The van der Waals surface area contributed by atoms with Crippen LogP contribution in [-0.2, 0) is 6.42 Å². The van der Waals surface area contributed by atoms with Crippen molar-refractivity contribution in [3.63, 3.8) is 0 Å². The fraction of sp³-hybridized carbons (Fsp3) is 0.647. The maximum absolute atomic E-state index is 10.0. The lowest BCUT2D eigenvalue weighted by atomic mass is 9.51. The van der Waals surface area contributed by atoms with Crippen molar-refractivity contribution in [2.75, 3.05) is 5.73 Å². The van der Waals surface area contributed by atoms with Gasteiger partial charge < -0.3 is 10.8 Å². The minimum Gasteiger partial charge on any atom is -0.508 e. The van der Waals surface area contributed by atoms with Crippen LogP contribution in [0.2, 0.25) is 0 Å². The number of aromatic hydroxyl groups is 1. The van der Waals surface area contributed by atoms with Crippen LogP contribution in [0.5, 0.6) is 5.75 Å². The first-order chi connectivity index (χ1) is 9.19. The zero-order valence-corrected chi connectivity index (χ0v) is 11.4. The normalized spacial score (nSPS) is 39.7. The molecule has 4 fully saturated rings. The van der Waals surface area contributed by atoms with E-state index in [2.05, 4.69) is 0 Å². The minimum absolute atomic E-state index is 0.433. The zero-order valence-electron chi connectivity index (χ0n) is 11.4. The van der Waals surface area contributed by atoms with E-state index < -0.39 is 0 Å². The molecule has 2 heteroatoms. The molecule has 0 unspecified atom stereocenters. The van der Waals surface area contributed by atoms with Crippen LogP contribution in [-0.4, -0.2) is 5.11 Å². The van der Waals surface area contributed by atoms with Gasteiger partial charge in [-0.15, -0.1) is 0 Å². The number of hydrogen-bond donors (Lipinski definition) is 2. The van der Waals surface area contributed by atoms with Gasteiger partial charge in [-0.3, -0.25) is 0 Å². The summed E-state index contributed by atoms with van der Waals surface area (Å²) in [4.78, 5) is 0. The largest absolute Gasteiger partial charge is 0.508 e. The number of nitrogens with two attached hydrogens (primary N) is 1. The molecule has 0 aromatic heterocycles. The van der Waals surface area contributed by atoms with Gasteiger partial charge in [0, 0.05) is 5.69 Å². The molecule has 0 radical (unpaired) electrons. The molecule has 1 aromatic carbocycles. The van der Waals surface area contributed by atoms with Crippen molar-refractivity contribution < 1.29 is 5.11 Å². The number of nitrogen functional groups attached to an aromatic ring is 1. The van der Waals surface area contributed by atoms with Crippen molar-refractivity contribution in [1.29, 1.82) is 0 Å². The second-order valence-corrected chi connectivity index (χ2v) is 7.19. The molecule has 0 amide bonds. The Morgan fingerprint density at radius 2 is 1.63 bits per heavy atom. The molecule has 3 N–H and O–H groups in total. The van der Waals surface area contributed by atoms with E-state index in [4.69, 9.17) is 5.73 Å². The van der Waals surface area contributed by atoms with E-state index in [-0.39, 0.29) is 0 Å². The maximum atomic E-state index is 10.0. The summed E-state index contributed by atoms with van der Waals surface area (Å²) in [5.74, 6) is 5.10. The highest BCUT2D eigenvalue weighted by atomic mass is 16.3. The fourth-order valence-electron chi connectivity index (χ4n) is 5.39. The highest BCUT2D eigenvalue weighted by molar-refractivity contribution is 5.47. The van der Waals surface area contributed by atoms with Gasteiger partial charge in [-0.1, -0.05) is 0 Å². The Kier molecular flexibility index (Phi) is 2.54. The van der Waals surface area contributed by atoms with Gasteiger partial charge in [0.05, 0.1) is 0 Å². The van der Waals surface area contributed by atoms with Gasteiger partial charge in [-0.25, -0.2) is 0 Å². The first-order valence-electron chi connectivity index (χ1n) is 7.76. The monoisotopic (exact) mass is 257 g/mol. The average molecular weight is 257 g/mol. The van der Waals surface area contributed by atoms with Gasteiger partial charge in [-0.2, -0.15) is 0 Å². The van der Waals surface area contributed by atoms with Crippen molar-refractivity contribution in [3.05, 3.63) is 23.8 Å². The van der Waals surface area contributed by atoms with Gasteiger partial charge in [0.1, 0.15) is 5.75 Å². The molecule has 0 atom stereocenters. The van der Waals surface area contributed by atoms with Crippen molar-refractivity contribution >= 4 is 5.69 Å². The van der Waals surface area contributed by atoms with E-state index in [0.717, 1.165) is 47.3 Å². The minimum atomic E-state index is 0.433. The van der Waals surface area contributed by atoms with Crippen molar-refractivity contribution in [3.8, 4) is 5.75 Å². The smallest absolute Gasteiger partial charge is 0.118 e. The lowest BCUT2D eigenvalue weighted by Crippen LogP contribution is -2.45. The Balaban J connectivity index is 1.58. The second kappa shape index (κ2) is 4.16. The van der Waals surface area contributed by atoms with Crippen molar-refractivity contribution in [2.45, 2.75) is 38.5 Å². The van der Waals surface area contributed by atoms with Crippen LogP contribution in [0.1, 0.15) is 37.7 Å². The molecule has 0 saturated heterocycles. The standard InChI is InChI=1S/C17H23NO/c18-15-1-2-17(19)14(8-15)9-16-12-4-10-3-11(6-12)7-13(16)5-10/h1-2,8,10-13,16,19H,3-7,9,18H2. The molecule has 0 aliphatic heterocycles. The van der Waals surface area contributed by atoms with Crippen LogP contribution < -0.4 is 5.73 Å². The van der Waals surface area contributed by atoms with Crippen LogP contribution in [0.25, 0.3) is 0 Å². The molecule has 102 valence electrons. The fourth-order valence-corrected chi connectivity index (χ4v) is 5.39. The predicted octanol–water partition coefficient (Wildman–Crippen LogP) is 3.59. The average Bonchev–Trinajstić information content (AvgIpc) is 2.37. The molecule has 4 aliphatic rings. The van der Waals surface area contributed by atoms with Crippen molar-refractivity contribution in [2.24, 2.45) is 29.6 Å². The summed E-state index contributed by atoms with van der Waals surface area (Å²) < 4.78 is 0. The SMILES string of the molecule is Nc1ccc(O)c(CC2C3CC4CC(C3)CC2C4)c1. The summed E-state index contributed by atoms with van der Waals surface area (Å²) in [6.45, 7) is 0. The van der Waals surface area contributed by atoms with Crippen LogP contribution >= 0.6 is 0 Å². The highest BCUT2D eigenvalue weighted by Crippen LogP contribution is 2.57. The third kappa shape index (κ3) is 1.92. The lowest BCUT2D eigenvalue weighted by molar-refractivity contribution is -0.0361. The van der Waals surface area contributed by atoms with E-state index in [1.54, 1.807) is 12.1 Å². The Labute approximate surface area is 115 Å².